The molecule has 0 aliphatic carbocycles. The van der Waals surface area contributed by atoms with Gasteiger partial charge in [0.05, 0.1) is 6.10 Å². The Labute approximate surface area is 126 Å². The molecule has 118 valence electrons. The van der Waals surface area contributed by atoms with E-state index < -0.39 is 0 Å². The van der Waals surface area contributed by atoms with Crippen LogP contribution in [0.15, 0.2) is 0 Å². The van der Waals surface area contributed by atoms with Gasteiger partial charge in [-0.15, -0.1) is 0 Å². The highest BCUT2D eigenvalue weighted by molar-refractivity contribution is 5.42. The van der Waals surface area contributed by atoms with Gasteiger partial charge in [0.15, 0.2) is 0 Å². The van der Waals surface area contributed by atoms with Crippen molar-refractivity contribution in [2.75, 3.05) is 49.3 Å². The summed E-state index contributed by atoms with van der Waals surface area (Å²) < 4.78 is 5.71. The number of anilines is 3. The van der Waals surface area contributed by atoms with Crippen LogP contribution < -0.4 is 15.5 Å². The van der Waals surface area contributed by atoms with E-state index in [0.29, 0.717) is 17.8 Å². The summed E-state index contributed by atoms with van der Waals surface area (Å²) in [7, 11) is 3.85. The Hall–Kier alpha value is -1.63. The van der Waals surface area contributed by atoms with Gasteiger partial charge < -0.3 is 20.3 Å². The molecule has 1 saturated heterocycles. The average molecular weight is 294 g/mol. The number of aromatic nitrogens is 3. The zero-order valence-corrected chi connectivity index (χ0v) is 13.2. The molecular formula is C14H26N6O. The van der Waals surface area contributed by atoms with Crippen molar-refractivity contribution in [2.45, 2.75) is 38.7 Å². The van der Waals surface area contributed by atoms with Gasteiger partial charge >= 0.3 is 0 Å². The van der Waals surface area contributed by atoms with Crippen LogP contribution in [0.3, 0.4) is 0 Å². The molecule has 1 aromatic heterocycles. The SMILES string of the molecule is CCCNc1nc(NCC2CCCCO2)nc(N(C)C)n1. The summed E-state index contributed by atoms with van der Waals surface area (Å²) >= 11 is 0. The van der Waals surface area contributed by atoms with Crippen LogP contribution in [0.2, 0.25) is 0 Å². The molecule has 2 N–H and O–H groups in total. The molecular weight excluding hydrogens is 268 g/mol. The summed E-state index contributed by atoms with van der Waals surface area (Å²) in [5.74, 6) is 1.86. The second kappa shape index (κ2) is 7.97. The van der Waals surface area contributed by atoms with Gasteiger partial charge in [-0.25, -0.2) is 0 Å². The lowest BCUT2D eigenvalue weighted by molar-refractivity contribution is 0.0246. The van der Waals surface area contributed by atoms with Gasteiger partial charge in [-0.3, -0.25) is 0 Å². The minimum absolute atomic E-state index is 0.255. The number of nitrogens with one attached hydrogen (secondary N) is 2. The molecule has 21 heavy (non-hydrogen) atoms. The van der Waals surface area contributed by atoms with Crippen LogP contribution in [-0.2, 0) is 4.74 Å². The molecule has 7 heteroatoms. The maximum absolute atomic E-state index is 5.71. The van der Waals surface area contributed by atoms with Crippen molar-refractivity contribution < 1.29 is 4.74 Å². The molecule has 1 aliphatic rings. The van der Waals surface area contributed by atoms with Crippen molar-refractivity contribution >= 4 is 17.8 Å². The van der Waals surface area contributed by atoms with Crippen molar-refractivity contribution in [2.24, 2.45) is 0 Å². The lowest BCUT2D eigenvalue weighted by Gasteiger charge is -2.23. The second-order valence-electron chi connectivity index (χ2n) is 5.47. The number of rotatable bonds is 7. The van der Waals surface area contributed by atoms with Crippen LogP contribution in [0.5, 0.6) is 0 Å². The largest absolute Gasteiger partial charge is 0.376 e. The van der Waals surface area contributed by atoms with Crippen LogP contribution in [0.4, 0.5) is 17.8 Å². The van der Waals surface area contributed by atoms with Gasteiger partial charge in [-0.1, -0.05) is 6.92 Å². The van der Waals surface area contributed by atoms with E-state index in [2.05, 4.69) is 32.5 Å². The Bertz CT molecular complexity index is 433. The summed E-state index contributed by atoms with van der Waals surface area (Å²) in [4.78, 5) is 15.1. The van der Waals surface area contributed by atoms with Crippen LogP contribution >= 0.6 is 0 Å². The molecule has 0 spiro atoms. The van der Waals surface area contributed by atoms with Crippen molar-refractivity contribution in [3.8, 4) is 0 Å². The molecule has 1 aliphatic heterocycles. The molecule has 1 aromatic rings. The zero-order chi connectivity index (χ0) is 15.1. The van der Waals surface area contributed by atoms with E-state index in [1.54, 1.807) is 0 Å². The standard InChI is InChI=1S/C14H26N6O/c1-4-8-15-12-17-13(19-14(18-12)20(2)3)16-10-11-7-5-6-9-21-11/h11H,4-10H2,1-3H3,(H2,15,16,17,18,19). The van der Waals surface area contributed by atoms with Gasteiger partial charge in [0, 0.05) is 33.8 Å². The number of nitrogens with zero attached hydrogens (tertiary/aromatic N) is 4. The number of ether oxygens (including phenoxy) is 1. The Morgan fingerprint density at radius 3 is 2.52 bits per heavy atom. The topological polar surface area (TPSA) is 75.2 Å². The normalized spacial score (nSPS) is 18.3. The minimum atomic E-state index is 0.255. The van der Waals surface area contributed by atoms with E-state index in [4.69, 9.17) is 4.74 Å². The van der Waals surface area contributed by atoms with Gasteiger partial charge in [-0.2, -0.15) is 15.0 Å². The lowest BCUT2D eigenvalue weighted by Crippen LogP contribution is -2.28. The maximum Gasteiger partial charge on any atom is 0.231 e. The van der Waals surface area contributed by atoms with Crippen LogP contribution in [0.1, 0.15) is 32.6 Å². The van der Waals surface area contributed by atoms with E-state index in [1.807, 2.05) is 19.0 Å². The van der Waals surface area contributed by atoms with E-state index in [9.17, 15) is 0 Å². The van der Waals surface area contributed by atoms with Crippen LogP contribution in [0.25, 0.3) is 0 Å². The summed E-state index contributed by atoms with van der Waals surface area (Å²) in [5.41, 5.74) is 0. The van der Waals surface area contributed by atoms with E-state index in [0.717, 1.165) is 39.0 Å². The third-order valence-corrected chi connectivity index (χ3v) is 3.32. The van der Waals surface area contributed by atoms with Gasteiger partial charge in [-0.05, 0) is 25.7 Å². The predicted molar refractivity (Wildman–Crippen MR) is 85.0 cm³/mol. The average Bonchev–Trinajstić information content (AvgIpc) is 2.51. The highest BCUT2D eigenvalue weighted by atomic mass is 16.5. The fraction of sp³-hybridized carbons (Fsp3) is 0.786. The third-order valence-electron chi connectivity index (χ3n) is 3.32. The Kier molecular flexibility index (Phi) is 5.98. The smallest absolute Gasteiger partial charge is 0.231 e. The molecule has 0 saturated carbocycles. The molecule has 2 heterocycles. The second-order valence-corrected chi connectivity index (χ2v) is 5.47. The van der Waals surface area contributed by atoms with Crippen molar-refractivity contribution in [1.29, 1.82) is 0 Å². The Morgan fingerprint density at radius 2 is 1.90 bits per heavy atom. The molecule has 0 bridgehead atoms. The molecule has 7 nitrogen and oxygen atoms in total. The first-order valence-corrected chi connectivity index (χ1v) is 7.71. The van der Waals surface area contributed by atoms with Crippen LogP contribution in [0, 0.1) is 0 Å². The van der Waals surface area contributed by atoms with Crippen molar-refractivity contribution in [3.63, 3.8) is 0 Å². The van der Waals surface area contributed by atoms with Crippen LogP contribution in [-0.4, -0.2) is 54.8 Å². The maximum atomic E-state index is 5.71. The monoisotopic (exact) mass is 294 g/mol. The summed E-state index contributed by atoms with van der Waals surface area (Å²) in [6.07, 6.45) is 4.78. The first-order chi connectivity index (χ1) is 10.2. The zero-order valence-electron chi connectivity index (χ0n) is 13.2. The van der Waals surface area contributed by atoms with E-state index in [1.165, 1.54) is 6.42 Å². The molecule has 0 radical (unpaired) electrons. The highest BCUT2D eigenvalue weighted by Gasteiger charge is 2.15. The first-order valence-electron chi connectivity index (χ1n) is 7.71. The van der Waals surface area contributed by atoms with Crippen molar-refractivity contribution in [1.82, 2.24) is 15.0 Å². The van der Waals surface area contributed by atoms with E-state index in [-0.39, 0.29) is 6.10 Å². The fourth-order valence-corrected chi connectivity index (χ4v) is 2.13. The highest BCUT2D eigenvalue weighted by Crippen LogP contribution is 2.15. The lowest BCUT2D eigenvalue weighted by atomic mass is 10.1. The molecule has 0 amide bonds. The molecule has 2 rings (SSSR count). The van der Waals surface area contributed by atoms with Gasteiger partial charge in [0.2, 0.25) is 17.8 Å². The summed E-state index contributed by atoms with van der Waals surface area (Å²) in [5, 5.41) is 6.48. The quantitative estimate of drug-likeness (QED) is 0.793. The van der Waals surface area contributed by atoms with Gasteiger partial charge in [0.1, 0.15) is 0 Å². The Morgan fingerprint density at radius 1 is 1.14 bits per heavy atom. The van der Waals surface area contributed by atoms with Crippen molar-refractivity contribution in [3.05, 3.63) is 0 Å². The molecule has 1 unspecified atom stereocenters. The summed E-state index contributed by atoms with van der Waals surface area (Å²) in [6.45, 7) is 4.56. The number of hydrogen-bond donors (Lipinski definition) is 2. The van der Waals surface area contributed by atoms with Gasteiger partial charge in [0.25, 0.3) is 0 Å². The Balaban J connectivity index is 2.00. The molecule has 1 fully saturated rings. The predicted octanol–water partition coefficient (Wildman–Crippen LogP) is 1.74. The first kappa shape index (κ1) is 15.8. The van der Waals surface area contributed by atoms with E-state index >= 15 is 0 Å². The third kappa shape index (κ3) is 5.00. The minimum Gasteiger partial charge on any atom is -0.376 e. The molecule has 1 atom stereocenters. The molecule has 0 aromatic carbocycles. The summed E-state index contributed by atoms with van der Waals surface area (Å²) in [6, 6.07) is 0. The number of hydrogen-bond acceptors (Lipinski definition) is 7. The fourth-order valence-electron chi connectivity index (χ4n) is 2.13.